The van der Waals surface area contributed by atoms with Crippen LogP contribution in [-0.2, 0) is 17.9 Å². The summed E-state index contributed by atoms with van der Waals surface area (Å²) in [5.41, 5.74) is 2.11. The summed E-state index contributed by atoms with van der Waals surface area (Å²) < 4.78 is 0. The van der Waals surface area contributed by atoms with E-state index in [1.807, 2.05) is 30.3 Å². The Morgan fingerprint density at radius 1 is 0.969 bits per heavy atom. The number of halogens is 1. The second-order valence-electron chi connectivity index (χ2n) is 9.09. The van der Waals surface area contributed by atoms with Crippen LogP contribution in [0.5, 0.6) is 0 Å². The predicted molar refractivity (Wildman–Crippen MR) is 122 cm³/mol. The maximum absolute atomic E-state index is 13.6. The van der Waals surface area contributed by atoms with E-state index in [1.54, 1.807) is 24.1 Å². The maximum Gasteiger partial charge on any atom is 0.328 e. The number of hydrogen-bond donors (Lipinski definition) is 1. The Hall–Kier alpha value is -2.45. The second-order valence-corrected chi connectivity index (χ2v) is 9.53. The molecule has 3 amide bonds. The lowest BCUT2D eigenvalue weighted by Gasteiger charge is -2.45. The van der Waals surface area contributed by atoms with Crippen LogP contribution >= 0.6 is 11.6 Å². The molecule has 3 heterocycles. The molecule has 8 heteroatoms. The van der Waals surface area contributed by atoms with Crippen LogP contribution in [0.1, 0.15) is 18.1 Å². The van der Waals surface area contributed by atoms with Crippen LogP contribution in [0.3, 0.4) is 0 Å². The van der Waals surface area contributed by atoms with Crippen LogP contribution in [0.15, 0.2) is 54.6 Å². The molecule has 3 aliphatic heterocycles. The van der Waals surface area contributed by atoms with Crippen molar-refractivity contribution in [2.24, 2.45) is 5.92 Å². The van der Waals surface area contributed by atoms with Crippen LogP contribution < -0.4 is 5.32 Å². The molecule has 0 bridgehead atoms. The number of carbonyl (C=O) groups excluding carboxylic acids is 2. The third-order valence-corrected chi connectivity index (χ3v) is 6.91. The summed E-state index contributed by atoms with van der Waals surface area (Å²) in [4.78, 5) is 34.4. The average molecular weight is 454 g/mol. The van der Waals surface area contributed by atoms with Crippen molar-refractivity contribution < 1.29 is 9.59 Å². The van der Waals surface area contributed by atoms with Gasteiger partial charge in [-0.2, -0.15) is 0 Å². The van der Waals surface area contributed by atoms with E-state index in [0.717, 1.165) is 25.2 Å². The fraction of sp³-hybridized carbons (Fsp3) is 0.417. The Morgan fingerprint density at radius 3 is 2.38 bits per heavy atom. The molecular formula is C24H28ClN5O2. The molecule has 168 valence electrons. The van der Waals surface area contributed by atoms with E-state index in [4.69, 9.17) is 11.6 Å². The molecule has 0 saturated carbocycles. The summed E-state index contributed by atoms with van der Waals surface area (Å²) in [6.07, 6.45) is -0.430. The zero-order valence-electron chi connectivity index (χ0n) is 18.3. The van der Waals surface area contributed by atoms with E-state index in [1.165, 1.54) is 10.5 Å². The zero-order chi connectivity index (χ0) is 22.4. The highest BCUT2D eigenvalue weighted by atomic mass is 35.5. The smallest absolute Gasteiger partial charge is 0.310 e. The molecule has 4 unspecified atom stereocenters. The molecule has 0 aromatic heterocycles. The Balaban J connectivity index is 1.40. The number of fused-ring (bicyclic) bond motifs is 3. The summed E-state index contributed by atoms with van der Waals surface area (Å²) in [7, 11) is 1.78. The number of amides is 3. The van der Waals surface area contributed by atoms with Gasteiger partial charge in [0.15, 0.2) is 0 Å². The third-order valence-electron chi connectivity index (χ3n) is 6.66. The Bertz CT molecular complexity index is 1000. The zero-order valence-corrected chi connectivity index (χ0v) is 19.1. The summed E-state index contributed by atoms with van der Waals surface area (Å²) in [5, 5.41) is 4.21. The highest BCUT2D eigenvalue weighted by Crippen LogP contribution is 2.33. The number of rotatable bonds is 4. The van der Waals surface area contributed by atoms with Gasteiger partial charge in [0, 0.05) is 31.7 Å². The van der Waals surface area contributed by atoms with E-state index in [0.29, 0.717) is 10.9 Å². The van der Waals surface area contributed by atoms with Gasteiger partial charge in [0.05, 0.1) is 6.54 Å². The minimum Gasteiger partial charge on any atom is -0.310 e. The second kappa shape index (κ2) is 8.48. The first kappa shape index (κ1) is 21.4. The molecule has 0 radical (unpaired) electrons. The minimum absolute atomic E-state index is 0.0870. The molecule has 3 fully saturated rings. The fourth-order valence-corrected chi connectivity index (χ4v) is 5.30. The van der Waals surface area contributed by atoms with Gasteiger partial charge in [0.25, 0.3) is 5.91 Å². The van der Waals surface area contributed by atoms with Crippen LogP contribution in [0.25, 0.3) is 0 Å². The topological polar surface area (TPSA) is 59.1 Å². The number of nitrogens with one attached hydrogen (secondary N) is 1. The van der Waals surface area contributed by atoms with Crippen LogP contribution in [0.4, 0.5) is 4.79 Å². The number of imide groups is 1. The maximum atomic E-state index is 13.6. The van der Waals surface area contributed by atoms with Gasteiger partial charge in [0.2, 0.25) is 0 Å². The van der Waals surface area contributed by atoms with Gasteiger partial charge in [-0.3, -0.25) is 24.8 Å². The molecule has 1 N–H and O–H groups in total. The molecular weight excluding hydrogens is 426 g/mol. The van der Waals surface area contributed by atoms with Crippen molar-refractivity contribution in [1.29, 1.82) is 0 Å². The van der Waals surface area contributed by atoms with E-state index < -0.39 is 6.04 Å². The van der Waals surface area contributed by atoms with Gasteiger partial charge in [-0.25, -0.2) is 4.79 Å². The monoisotopic (exact) mass is 453 g/mol. The number of nitrogens with zero attached hydrogens (tertiary/aromatic N) is 4. The van der Waals surface area contributed by atoms with Crippen molar-refractivity contribution in [3.8, 4) is 0 Å². The van der Waals surface area contributed by atoms with Gasteiger partial charge in [-0.1, -0.05) is 61.0 Å². The van der Waals surface area contributed by atoms with E-state index in [-0.39, 0.29) is 30.9 Å². The van der Waals surface area contributed by atoms with Crippen LogP contribution in [0, 0.1) is 5.92 Å². The van der Waals surface area contributed by atoms with Crippen molar-refractivity contribution in [2.75, 3.05) is 20.1 Å². The number of hydrogen-bond acceptors (Lipinski definition) is 5. The molecule has 5 rings (SSSR count). The van der Waals surface area contributed by atoms with Crippen molar-refractivity contribution in [3.05, 3.63) is 70.7 Å². The first-order chi connectivity index (χ1) is 15.4. The lowest BCUT2D eigenvalue weighted by molar-refractivity contribution is -0.141. The van der Waals surface area contributed by atoms with Crippen molar-refractivity contribution in [3.63, 3.8) is 0 Å². The highest BCUT2D eigenvalue weighted by Gasteiger charge is 2.56. The lowest BCUT2D eigenvalue weighted by Crippen LogP contribution is -2.66. The van der Waals surface area contributed by atoms with Crippen molar-refractivity contribution in [1.82, 2.24) is 24.9 Å². The molecule has 3 aliphatic rings. The molecule has 32 heavy (non-hydrogen) atoms. The number of benzene rings is 2. The van der Waals surface area contributed by atoms with Crippen molar-refractivity contribution >= 4 is 23.5 Å². The fourth-order valence-electron chi connectivity index (χ4n) is 5.17. The summed E-state index contributed by atoms with van der Waals surface area (Å²) >= 11 is 5.99. The van der Waals surface area contributed by atoms with Gasteiger partial charge in [0.1, 0.15) is 18.5 Å². The molecule has 4 atom stereocenters. The molecule has 3 saturated heterocycles. The summed E-state index contributed by atoms with van der Waals surface area (Å²) in [6, 6.07) is 17.0. The quantitative estimate of drug-likeness (QED) is 0.771. The van der Waals surface area contributed by atoms with Crippen LogP contribution in [-0.4, -0.2) is 70.2 Å². The van der Waals surface area contributed by atoms with Crippen LogP contribution in [0.2, 0.25) is 5.02 Å². The SMILES string of the molecule is CC1CN(Cc2ccccc2)C2NC3C(C(=O)N(Cc4ccc(Cl)cc4)C(=O)N3C)N2C1. The number of carbonyl (C=O) groups is 2. The van der Waals surface area contributed by atoms with Gasteiger partial charge >= 0.3 is 6.03 Å². The lowest BCUT2D eigenvalue weighted by atomic mass is 10.0. The number of likely N-dealkylation sites (N-methyl/N-ethyl adjacent to an activating group) is 1. The summed E-state index contributed by atoms with van der Waals surface area (Å²) in [5.74, 6) is 0.271. The Kier molecular flexibility index (Phi) is 5.67. The largest absolute Gasteiger partial charge is 0.328 e. The Labute approximate surface area is 193 Å². The molecule has 7 nitrogen and oxygen atoms in total. The number of urea groups is 1. The van der Waals surface area contributed by atoms with Gasteiger partial charge < -0.3 is 4.90 Å². The average Bonchev–Trinajstić information content (AvgIpc) is 3.17. The third kappa shape index (κ3) is 3.79. The van der Waals surface area contributed by atoms with Gasteiger partial charge in [-0.15, -0.1) is 0 Å². The van der Waals surface area contributed by atoms with Gasteiger partial charge in [-0.05, 0) is 29.2 Å². The molecule has 0 spiro atoms. The normalized spacial score (nSPS) is 28.7. The first-order valence-electron chi connectivity index (χ1n) is 11.0. The van der Waals surface area contributed by atoms with E-state index in [9.17, 15) is 9.59 Å². The molecule has 2 aromatic carbocycles. The molecule has 0 aliphatic carbocycles. The minimum atomic E-state index is -0.406. The van der Waals surface area contributed by atoms with Crippen molar-refractivity contribution in [2.45, 2.75) is 38.5 Å². The van der Waals surface area contributed by atoms with E-state index in [2.05, 4.69) is 34.2 Å². The highest BCUT2D eigenvalue weighted by molar-refractivity contribution is 6.30. The summed E-state index contributed by atoms with van der Waals surface area (Å²) in [6.45, 7) is 4.99. The van der Waals surface area contributed by atoms with E-state index >= 15 is 0 Å². The predicted octanol–water partition coefficient (Wildman–Crippen LogP) is 2.77. The first-order valence-corrected chi connectivity index (χ1v) is 11.4. The molecule has 2 aromatic rings. The standard InChI is InChI=1S/C24H28ClN5O2/c1-16-12-28(14-17-6-4-3-5-7-17)23-26-21-20(29(23)13-16)22(31)30(24(32)27(21)2)15-18-8-10-19(25)11-9-18/h3-11,16,20-21,23,26H,12-15H2,1-2H3. The Morgan fingerprint density at radius 2 is 1.66 bits per heavy atom.